The summed E-state index contributed by atoms with van der Waals surface area (Å²) in [5, 5.41) is 0. The van der Waals surface area contributed by atoms with Gasteiger partial charge in [-0.3, -0.25) is 0 Å². The minimum Gasteiger partial charge on any atom is -2.00 e. The smallest absolute Gasteiger partial charge is 2.00 e. The van der Waals surface area contributed by atoms with E-state index in [1.54, 1.807) is 0 Å². The predicted molar refractivity (Wildman–Crippen MR) is 21.8 cm³/mol. The van der Waals surface area contributed by atoms with Gasteiger partial charge in [-0.1, -0.05) is 0 Å². The molecular formula is H8O4SZn. The first-order valence-electron chi connectivity index (χ1n) is 0. The molecule has 0 aromatic carbocycles. The monoisotopic (exact) mass is 168 g/mol. The Morgan fingerprint density at radius 2 is 0.500 bits per heavy atom. The molecule has 0 rings (SSSR count). The minimum atomic E-state index is 0. The molecule has 0 bridgehead atoms. The van der Waals surface area contributed by atoms with E-state index < -0.39 is 0 Å². The van der Waals surface area contributed by atoms with Gasteiger partial charge in [-0.05, 0) is 0 Å². The van der Waals surface area contributed by atoms with Crippen LogP contribution in [0.4, 0.5) is 0 Å². The molecule has 0 heterocycles. The second kappa shape index (κ2) is 204. The van der Waals surface area contributed by atoms with Gasteiger partial charge < -0.3 is 35.4 Å². The summed E-state index contributed by atoms with van der Waals surface area (Å²) in [6.45, 7) is 0. The molecule has 0 fully saturated rings. The van der Waals surface area contributed by atoms with Gasteiger partial charge in [0.2, 0.25) is 0 Å². The standard InChI is InChI=1S/4H2O.S.Zn/h4*1H2;;/q;;;;-2;+2. The van der Waals surface area contributed by atoms with Crippen LogP contribution in [0.5, 0.6) is 0 Å². The molecule has 6 heteroatoms. The van der Waals surface area contributed by atoms with E-state index >= 15 is 0 Å². The molecule has 0 aliphatic carbocycles. The molecule has 40 valence electrons. The van der Waals surface area contributed by atoms with Gasteiger partial charge in [0.25, 0.3) is 0 Å². The van der Waals surface area contributed by atoms with Gasteiger partial charge in [-0.15, -0.1) is 0 Å². The Bertz CT molecular complexity index is 7.51. The van der Waals surface area contributed by atoms with Crippen LogP contribution in [0.25, 0.3) is 0 Å². The Morgan fingerprint density at radius 1 is 0.500 bits per heavy atom. The Kier molecular flexibility index (Phi) is 11800. The summed E-state index contributed by atoms with van der Waals surface area (Å²) in [5.74, 6) is 0. The second-order valence-corrected chi connectivity index (χ2v) is 0. The van der Waals surface area contributed by atoms with Crippen molar-refractivity contribution < 1.29 is 41.4 Å². The van der Waals surface area contributed by atoms with Gasteiger partial charge in [0.1, 0.15) is 0 Å². The normalized spacial score (nSPS) is 0. The van der Waals surface area contributed by atoms with E-state index in [4.69, 9.17) is 0 Å². The molecule has 0 amide bonds. The zero-order valence-electron chi connectivity index (χ0n) is 3.12. The maximum atomic E-state index is 0. The Hall–Kier alpha value is 0.813. The van der Waals surface area contributed by atoms with Crippen molar-refractivity contribution in [3.05, 3.63) is 0 Å². The van der Waals surface area contributed by atoms with Crippen molar-refractivity contribution in [3.8, 4) is 0 Å². The van der Waals surface area contributed by atoms with Crippen LogP contribution in [0.15, 0.2) is 0 Å². The number of hydrogen-bond acceptors (Lipinski definition) is 0. The van der Waals surface area contributed by atoms with E-state index in [1.807, 2.05) is 0 Å². The van der Waals surface area contributed by atoms with E-state index in [2.05, 4.69) is 0 Å². The molecule has 0 spiro atoms. The van der Waals surface area contributed by atoms with Gasteiger partial charge in [0.05, 0.1) is 0 Å². The van der Waals surface area contributed by atoms with E-state index in [9.17, 15) is 0 Å². The fourth-order valence-electron chi connectivity index (χ4n) is 0. The van der Waals surface area contributed by atoms with E-state index in [-0.39, 0.29) is 54.9 Å². The zero-order chi connectivity index (χ0) is 0. The topological polar surface area (TPSA) is 126 Å². The Balaban J connectivity index is 0. The number of rotatable bonds is 0. The minimum absolute atomic E-state index is 0. The van der Waals surface area contributed by atoms with E-state index in [0.717, 1.165) is 0 Å². The van der Waals surface area contributed by atoms with Crippen molar-refractivity contribution >= 4 is 13.5 Å². The van der Waals surface area contributed by atoms with Gasteiger partial charge >= 0.3 is 19.5 Å². The van der Waals surface area contributed by atoms with Gasteiger partial charge in [0.15, 0.2) is 0 Å². The SMILES string of the molecule is O.O.O.O.[S-2].[Zn+2]. The molecule has 0 saturated carbocycles. The fraction of sp³-hybridized carbons (Fsp3) is 0. The quantitative estimate of drug-likeness (QED) is 0.337. The maximum Gasteiger partial charge on any atom is 2.00 e. The average molecular weight is 170 g/mol. The largest absolute Gasteiger partial charge is 2.00 e. The second-order valence-electron chi connectivity index (χ2n) is 0. The first kappa shape index (κ1) is 348. The molecule has 0 unspecified atom stereocenters. The fourth-order valence-corrected chi connectivity index (χ4v) is 0. The van der Waals surface area contributed by atoms with Crippen molar-refractivity contribution in [3.63, 3.8) is 0 Å². The summed E-state index contributed by atoms with van der Waals surface area (Å²) in [6.07, 6.45) is 0. The number of hydrogen-bond donors (Lipinski definition) is 0. The predicted octanol–water partition coefficient (Wildman–Crippen LogP) is -3.30. The van der Waals surface area contributed by atoms with Crippen molar-refractivity contribution in [2.45, 2.75) is 0 Å². The van der Waals surface area contributed by atoms with Gasteiger partial charge in [0, 0.05) is 0 Å². The molecule has 0 aromatic rings. The first-order chi connectivity index (χ1) is 0. The molecule has 6 heavy (non-hydrogen) atoms. The van der Waals surface area contributed by atoms with Crippen LogP contribution in [-0.2, 0) is 33.0 Å². The summed E-state index contributed by atoms with van der Waals surface area (Å²) < 4.78 is 0. The van der Waals surface area contributed by atoms with E-state index in [0.29, 0.717) is 0 Å². The van der Waals surface area contributed by atoms with Crippen LogP contribution in [0.3, 0.4) is 0 Å². The van der Waals surface area contributed by atoms with Crippen LogP contribution in [0.2, 0.25) is 0 Å². The molecule has 0 radical (unpaired) electrons. The van der Waals surface area contributed by atoms with Crippen LogP contribution in [0.1, 0.15) is 0 Å². The van der Waals surface area contributed by atoms with Crippen LogP contribution in [-0.4, -0.2) is 21.9 Å². The molecule has 0 aliphatic heterocycles. The first-order valence-corrected chi connectivity index (χ1v) is 0. The zero-order valence-corrected chi connectivity index (χ0v) is 6.90. The Labute approximate surface area is 55.4 Å². The summed E-state index contributed by atoms with van der Waals surface area (Å²) in [6, 6.07) is 0. The third-order valence-electron chi connectivity index (χ3n) is 0. The van der Waals surface area contributed by atoms with E-state index in [1.165, 1.54) is 0 Å². The molecule has 0 atom stereocenters. The maximum absolute atomic E-state index is 0. The summed E-state index contributed by atoms with van der Waals surface area (Å²) in [5.41, 5.74) is 0. The average Bonchev–Trinajstić information content (AvgIpc) is 0. The third kappa shape index (κ3) is 106. The molecule has 4 nitrogen and oxygen atoms in total. The van der Waals surface area contributed by atoms with Crippen molar-refractivity contribution in [2.24, 2.45) is 0 Å². The summed E-state index contributed by atoms with van der Waals surface area (Å²) in [4.78, 5) is 0. The summed E-state index contributed by atoms with van der Waals surface area (Å²) >= 11 is 0. The molecular weight excluding hydrogens is 161 g/mol. The molecule has 8 N–H and O–H groups in total. The van der Waals surface area contributed by atoms with Crippen LogP contribution >= 0.6 is 0 Å². The third-order valence-corrected chi connectivity index (χ3v) is 0. The van der Waals surface area contributed by atoms with Crippen molar-refractivity contribution in [1.29, 1.82) is 0 Å². The van der Waals surface area contributed by atoms with Crippen LogP contribution in [0, 0.1) is 0 Å². The molecule has 0 aromatic heterocycles. The Morgan fingerprint density at radius 3 is 0.500 bits per heavy atom. The van der Waals surface area contributed by atoms with Crippen molar-refractivity contribution in [1.82, 2.24) is 0 Å². The van der Waals surface area contributed by atoms with Crippen molar-refractivity contribution in [2.75, 3.05) is 0 Å². The van der Waals surface area contributed by atoms with Crippen LogP contribution < -0.4 is 0 Å². The van der Waals surface area contributed by atoms with Gasteiger partial charge in [-0.2, -0.15) is 0 Å². The van der Waals surface area contributed by atoms with Gasteiger partial charge in [-0.25, -0.2) is 0 Å². The molecule has 0 saturated heterocycles. The molecule has 0 aliphatic rings. The summed E-state index contributed by atoms with van der Waals surface area (Å²) in [7, 11) is 0.